The molecule has 0 aliphatic carbocycles. The first-order valence-corrected chi connectivity index (χ1v) is 10.5. The van der Waals surface area contributed by atoms with E-state index in [-0.39, 0.29) is 10.8 Å². The fourth-order valence-corrected chi connectivity index (χ4v) is 4.64. The zero-order chi connectivity index (χ0) is 20.5. The van der Waals surface area contributed by atoms with Crippen molar-refractivity contribution in [3.63, 3.8) is 0 Å². The van der Waals surface area contributed by atoms with E-state index in [4.69, 9.17) is 9.47 Å². The molecular formula is C19H25N3O5S. The Bertz CT molecular complexity index is 969. The predicted molar refractivity (Wildman–Crippen MR) is 106 cm³/mol. The minimum Gasteiger partial charge on any atom is -0.497 e. The molecule has 3 rings (SSSR count). The molecular weight excluding hydrogens is 382 g/mol. The van der Waals surface area contributed by atoms with Crippen molar-refractivity contribution >= 4 is 21.6 Å². The Kier molecular flexibility index (Phi) is 5.55. The van der Waals surface area contributed by atoms with Crippen LogP contribution >= 0.6 is 0 Å². The number of benzene rings is 1. The minimum atomic E-state index is -3.91. The van der Waals surface area contributed by atoms with Gasteiger partial charge < -0.3 is 18.9 Å². The molecule has 2 aromatic rings. The highest BCUT2D eigenvalue weighted by atomic mass is 32.2. The fraction of sp³-hybridized carbons (Fsp3) is 0.421. The van der Waals surface area contributed by atoms with Crippen molar-refractivity contribution in [2.45, 2.75) is 24.7 Å². The average Bonchev–Trinajstić information content (AvgIpc) is 3.30. The summed E-state index contributed by atoms with van der Waals surface area (Å²) in [5.41, 5.74) is 1.17. The highest BCUT2D eigenvalue weighted by molar-refractivity contribution is 7.92. The number of carbonyl (C=O) groups is 1. The van der Waals surface area contributed by atoms with Crippen LogP contribution in [0.4, 0.5) is 5.69 Å². The van der Waals surface area contributed by atoms with Crippen LogP contribution in [0.2, 0.25) is 0 Å². The summed E-state index contributed by atoms with van der Waals surface area (Å²) in [5, 5.41) is 0. The summed E-state index contributed by atoms with van der Waals surface area (Å²) < 4.78 is 40.5. The largest absolute Gasteiger partial charge is 0.497 e. The van der Waals surface area contributed by atoms with E-state index >= 15 is 0 Å². The lowest BCUT2D eigenvalue weighted by atomic mass is 10.3. The van der Waals surface area contributed by atoms with Crippen LogP contribution in [0.1, 0.15) is 29.0 Å². The van der Waals surface area contributed by atoms with E-state index < -0.39 is 10.0 Å². The van der Waals surface area contributed by atoms with Crippen molar-refractivity contribution in [1.29, 1.82) is 0 Å². The maximum absolute atomic E-state index is 13.0. The molecule has 0 saturated carbocycles. The monoisotopic (exact) mass is 407 g/mol. The third kappa shape index (κ3) is 3.80. The van der Waals surface area contributed by atoms with Crippen LogP contribution in [-0.4, -0.2) is 51.1 Å². The molecule has 1 aromatic heterocycles. The number of likely N-dealkylation sites (tertiary alicyclic amines) is 1. The smallest absolute Gasteiger partial charge is 0.270 e. The second-order valence-corrected chi connectivity index (χ2v) is 8.40. The number of nitrogens with one attached hydrogen (secondary N) is 1. The molecule has 0 bridgehead atoms. The van der Waals surface area contributed by atoms with Crippen LogP contribution in [0.15, 0.2) is 29.2 Å². The summed E-state index contributed by atoms with van der Waals surface area (Å²) in [4.78, 5) is 14.6. The first kappa shape index (κ1) is 20.1. The molecule has 0 unspecified atom stereocenters. The van der Waals surface area contributed by atoms with Crippen molar-refractivity contribution in [1.82, 2.24) is 9.47 Å². The summed E-state index contributed by atoms with van der Waals surface area (Å²) in [6.45, 7) is 3.08. The lowest BCUT2D eigenvalue weighted by Gasteiger charge is -2.15. The van der Waals surface area contributed by atoms with Gasteiger partial charge in [0.05, 0.1) is 19.9 Å². The molecule has 1 N–H and O–H groups in total. The molecule has 2 heterocycles. The Morgan fingerprint density at radius 2 is 1.61 bits per heavy atom. The zero-order valence-corrected chi connectivity index (χ0v) is 17.3. The van der Waals surface area contributed by atoms with Crippen LogP contribution in [0, 0.1) is 6.92 Å². The molecule has 1 amide bonds. The molecule has 1 aliphatic rings. The summed E-state index contributed by atoms with van der Waals surface area (Å²) in [6.07, 6.45) is 1.94. The number of methoxy groups -OCH3 is 2. The van der Waals surface area contributed by atoms with Gasteiger partial charge in [-0.05, 0) is 25.8 Å². The van der Waals surface area contributed by atoms with Gasteiger partial charge >= 0.3 is 0 Å². The number of hydrogen-bond donors (Lipinski definition) is 1. The van der Waals surface area contributed by atoms with Gasteiger partial charge in [0.25, 0.3) is 15.9 Å². The van der Waals surface area contributed by atoms with Gasteiger partial charge in [-0.3, -0.25) is 9.52 Å². The van der Waals surface area contributed by atoms with Gasteiger partial charge in [0, 0.05) is 44.0 Å². The number of amides is 1. The van der Waals surface area contributed by atoms with E-state index in [0.717, 1.165) is 12.8 Å². The quantitative estimate of drug-likeness (QED) is 0.794. The number of aromatic nitrogens is 1. The average molecular weight is 407 g/mol. The van der Waals surface area contributed by atoms with E-state index in [1.807, 2.05) is 0 Å². The third-order valence-electron chi connectivity index (χ3n) is 4.99. The molecule has 0 radical (unpaired) electrons. The molecule has 0 atom stereocenters. The first-order chi connectivity index (χ1) is 13.3. The maximum atomic E-state index is 13.0. The number of hydrogen-bond acceptors (Lipinski definition) is 5. The van der Waals surface area contributed by atoms with Gasteiger partial charge in [-0.2, -0.15) is 0 Å². The third-order valence-corrected chi connectivity index (χ3v) is 6.49. The maximum Gasteiger partial charge on any atom is 0.270 e. The number of rotatable bonds is 6. The topological polar surface area (TPSA) is 89.9 Å². The molecule has 0 spiro atoms. The number of nitrogens with zero attached hydrogens (tertiary/aromatic N) is 2. The van der Waals surface area contributed by atoms with Crippen LogP contribution in [-0.2, 0) is 17.1 Å². The highest BCUT2D eigenvalue weighted by Gasteiger charge is 2.28. The summed E-state index contributed by atoms with van der Waals surface area (Å²) >= 11 is 0. The number of carbonyl (C=O) groups excluding carboxylic acids is 1. The van der Waals surface area contributed by atoms with E-state index in [2.05, 4.69) is 4.72 Å². The van der Waals surface area contributed by atoms with Crippen molar-refractivity contribution in [2.24, 2.45) is 7.05 Å². The number of anilines is 1. The van der Waals surface area contributed by atoms with Crippen LogP contribution < -0.4 is 14.2 Å². The second kappa shape index (κ2) is 7.75. The standard InChI is InChI=1S/C19H25N3O5S/c1-13-18(12-17(21(13)2)19(23)22-7-5-6-8-22)28(24,25)20-14-9-15(26-3)11-16(10-14)27-4/h9-12,20H,5-8H2,1-4H3. The predicted octanol–water partition coefficient (Wildman–Crippen LogP) is 2.39. The lowest BCUT2D eigenvalue weighted by Crippen LogP contribution is -2.29. The molecule has 1 aliphatic heterocycles. The molecule has 8 nitrogen and oxygen atoms in total. The van der Waals surface area contributed by atoms with Gasteiger partial charge in [-0.25, -0.2) is 8.42 Å². The fourth-order valence-electron chi connectivity index (χ4n) is 3.31. The molecule has 1 fully saturated rings. The van der Waals surface area contributed by atoms with Crippen LogP contribution in [0.25, 0.3) is 0 Å². The minimum absolute atomic E-state index is 0.0688. The SMILES string of the molecule is COc1cc(NS(=O)(=O)c2cc(C(=O)N3CCCC3)n(C)c2C)cc(OC)c1. The van der Waals surface area contributed by atoms with Crippen molar-refractivity contribution in [3.05, 3.63) is 35.7 Å². The Morgan fingerprint density at radius 1 is 1.04 bits per heavy atom. The number of sulfonamides is 1. The second-order valence-electron chi connectivity index (χ2n) is 6.74. The van der Waals surface area contributed by atoms with E-state index in [1.165, 1.54) is 20.3 Å². The Balaban J connectivity index is 1.94. The normalized spacial score (nSPS) is 14.2. The summed E-state index contributed by atoms with van der Waals surface area (Å²) in [5.74, 6) is 0.783. The van der Waals surface area contributed by atoms with Gasteiger partial charge in [-0.1, -0.05) is 0 Å². The molecule has 152 valence electrons. The Hall–Kier alpha value is -2.68. The van der Waals surface area contributed by atoms with Crippen molar-refractivity contribution in [3.8, 4) is 11.5 Å². The van der Waals surface area contributed by atoms with Crippen molar-refractivity contribution in [2.75, 3.05) is 32.0 Å². The van der Waals surface area contributed by atoms with Crippen molar-refractivity contribution < 1.29 is 22.7 Å². The number of ether oxygens (including phenoxy) is 2. The lowest BCUT2D eigenvalue weighted by molar-refractivity contribution is 0.0783. The zero-order valence-electron chi connectivity index (χ0n) is 16.5. The van der Waals surface area contributed by atoms with Gasteiger partial charge in [0.2, 0.25) is 0 Å². The Labute approximate surface area is 165 Å². The van der Waals surface area contributed by atoms with E-state index in [0.29, 0.717) is 41.7 Å². The van der Waals surface area contributed by atoms with E-state index in [1.54, 1.807) is 41.6 Å². The Morgan fingerprint density at radius 3 is 2.14 bits per heavy atom. The molecule has 9 heteroatoms. The summed E-state index contributed by atoms with van der Waals surface area (Å²) in [7, 11) is 0.777. The highest BCUT2D eigenvalue weighted by Crippen LogP contribution is 2.29. The van der Waals surface area contributed by atoms with E-state index in [9.17, 15) is 13.2 Å². The van der Waals surface area contributed by atoms with Gasteiger partial charge in [0.15, 0.2) is 0 Å². The molecule has 28 heavy (non-hydrogen) atoms. The molecule has 1 saturated heterocycles. The summed E-state index contributed by atoms with van der Waals surface area (Å²) in [6, 6.07) is 6.22. The van der Waals surface area contributed by atoms with Crippen LogP contribution in [0.3, 0.4) is 0 Å². The van der Waals surface area contributed by atoms with Gasteiger partial charge in [0.1, 0.15) is 22.1 Å². The first-order valence-electron chi connectivity index (χ1n) is 8.98. The molecule has 1 aromatic carbocycles. The van der Waals surface area contributed by atoms with Gasteiger partial charge in [-0.15, -0.1) is 0 Å². The van der Waals surface area contributed by atoms with Crippen LogP contribution in [0.5, 0.6) is 11.5 Å².